The number of hydrogen-bond donors (Lipinski definition) is 0. The van der Waals surface area contributed by atoms with Crippen LogP contribution in [0.1, 0.15) is 34.8 Å². The van der Waals surface area contributed by atoms with Gasteiger partial charge in [0.2, 0.25) is 0 Å². The van der Waals surface area contributed by atoms with Crippen molar-refractivity contribution < 1.29 is 23.7 Å². The van der Waals surface area contributed by atoms with E-state index in [1.165, 1.54) is 0 Å². The van der Waals surface area contributed by atoms with Crippen LogP contribution in [-0.4, -0.2) is 41.9 Å². The van der Waals surface area contributed by atoms with E-state index in [2.05, 4.69) is 4.98 Å². The smallest absolute Gasteiger partial charge is 0.338 e. The van der Waals surface area contributed by atoms with Crippen LogP contribution in [0.25, 0.3) is 0 Å². The molecule has 2 aromatic carbocycles. The van der Waals surface area contributed by atoms with Gasteiger partial charge < -0.3 is 23.5 Å². The third kappa shape index (κ3) is 7.51. The van der Waals surface area contributed by atoms with Crippen LogP contribution in [-0.2, 0) is 34.0 Å². The second-order valence-electron chi connectivity index (χ2n) is 7.39. The van der Waals surface area contributed by atoms with Gasteiger partial charge in [0.25, 0.3) is 0 Å². The minimum absolute atomic E-state index is 0.156. The van der Waals surface area contributed by atoms with Crippen LogP contribution in [0.2, 0.25) is 0 Å². The van der Waals surface area contributed by atoms with Gasteiger partial charge in [0, 0.05) is 12.4 Å². The lowest BCUT2D eigenvalue weighted by molar-refractivity contribution is -0.0373. The molecule has 3 rings (SSSR count). The summed E-state index contributed by atoms with van der Waals surface area (Å²) in [6.07, 6.45) is 6.05. The molecule has 170 valence electrons. The van der Waals surface area contributed by atoms with Crippen molar-refractivity contribution in [2.75, 3.05) is 20.3 Å². The van der Waals surface area contributed by atoms with Crippen LogP contribution in [0.15, 0.2) is 67.3 Å². The molecule has 0 spiro atoms. The minimum Gasteiger partial charge on any atom is -0.497 e. The number of carbonyl (C=O) groups excluding carboxylic acids is 1. The van der Waals surface area contributed by atoms with Gasteiger partial charge in [0.05, 0.1) is 58.1 Å². The van der Waals surface area contributed by atoms with Crippen molar-refractivity contribution in [1.29, 1.82) is 0 Å². The summed E-state index contributed by atoms with van der Waals surface area (Å²) in [5, 5.41) is 0. The van der Waals surface area contributed by atoms with Crippen molar-refractivity contribution >= 4 is 5.97 Å². The number of imidazole rings is 1. The number of benzene rings is 2. The molecular formula is C25H30N2O5. The van der Waals surface area contributed by atoms with Crippen molar-refractivity contribution in [1.82, 2.24) is 9.55 Å². The Kier molecular flexibility index (Phi) is 9.28. The standard InChI is InChI=1S/C25H30N2O5/c1-3-14-31-25(28)22-8-4-21(5-9-22)17-32-24(15-27-13-12-26-19-27)18-30-16-20-6-10-23(29-2)11-7-20/h4-13,19,24H,3,14-18H2,1-2H3. The average Bonchev–Trinajstić information content (AvgIpc) is 3.34. The van der Waals surface area contributed by atoms with Gasteiger partial charge in [0.1, 0.15) is 5.75 Å². The summed E-state index contributed by atoms with van der Waals surface area (Å²) in [4.78, 5) is 16.0. The maximum absolute atomic E-state index is 11.9. The molecule has 1 atom stereocenters. The third-order valence-electron chi connectivity index (χ3n) is 4.82. The van der Waals surface area contributed by atoms with Crippen molar-refractivity contribution in [2.45, 2.75) is 39.2 Å². The van der Waals surface area contributed by atoms with Crippen molar-refractivity contribution in [3.63, 3.8) is 0 Å². The van der Waals surface area contributed by atoms with E-state index >= 15 is 0 Å². The summed E-state index contributed by atoms with van der Waals surface area (Å²) in [6.45, 7) is 4.36. The Morgan fingerprint density at radius 3 is 2.41 bits per heavy atom. The monoisotopic (exact) mass is 438 g/mol. The number of esters is 1. The first-order valence-electron chi connectivity index (χ1n) is 10.7. The second kappa shape index (κ2) is 12.6. The van der Waals surface area contributed by atoms with E-state index < -0.39 is 0 Å². The maximum Gasteiger partial charge on any atom is 0.338 e. The predicted octanol–water partition coefficient (Wildman–Crippen LogP) is 4.26. The fourth-order valence-electron chi connectivity index (χ4n) is 3.04. The van der Waals surface area contributed by atoms with Gasteiger partial charge in [-0.15, -0.1) is 0 Å². The van der Waals surface area contributed by atoms with E-state index in [9.17, 15) is 4.79 Å². The lowest BCUT2D eigenvalue weighted by Crippen LogP contribution is -2.25. The molecular weight excluding hydrogens is 408 g/mol. The molecule has 3 aromatic rings. The first-order valence-corrected chi connectivity index (χ1v) is 10.7. The first kappa shape index (κ1) is 23.5. The van der Waals surface area contributed by atoms with Gasteiger partial charge in [-0.1, -0.05) is 31.2 Å². The van der Waals surface area contributed by atoms with Crippen LogP contribution < -0.4 is 4.74 Å². The van der Waals surface area contributed by atoms with Crippen LogP contribution in [0, 0.1) is 0 Å². The van der Waals surface area contributed by atoms with Crippen molar-refractivity contribution in [2.24, 2.45) is 0 Å². The Morgan fingerprint density at radius 2 is 1.75 bits per heavy atom. The summed E-state index contributed by atoms with van der Waals surface area (Å²) < 4.78 is 24.4. The SMILES string of the molecule is CCCOC(=O)c1ccc(COC(COCc2ccc(OC)cc2)Cn2ccnc2)cc1. The topological polar surface area (TPSA) is 71.8 Å². The van der Waals surface area contributed by atoms with E-state index in [4.69, 9.17) is 18.9 Å². The Balaban J connectivity index is 1.52. The van der Waals surface area contributed by atoms with E-state index in [1.54, 1.807) is 31.8 Å². The van der Waals surface area contributed by atoms with Crippen LogP contribution in [0.5, 0.6) is 5.75 Å². The Hall–Kier alpha value is -3.16. The van der Waals surface area contributed by atoms with Crippen molar-refractivity contribution in [3.8, 4) is 5.75 Å². The molecule has 1 unspecified atom stereocenters. The molecule has 0 saturated carbocycles. The van der Waals surface area contributed by atoms with Gasteiger partial charge in [0.15, 0.2) is 0 Å². The maximum atomic E-state index is 11.9. The number of carbonyl (C=O) groups is 1. The summed E-state index contributed by atoms with van der Waals surface area (Å²) >= 11 is 0. The number of hydrogen-bond acceptors (Lipinski definition) is 6. The van der Waals surface area contributed by atoms with Gasteiger partial charge in [-0.3, -0.25) is 0 Å². The third-order valence-corrected chi connectivity index (χ3v) is 4.82. The Morgan fingerprint density at radius 1 is 1.03 bits per heavy atom. The lowest BCUT2D eigenvalue weighted by Gasteiger charge is -2.19. The molecule has 0 bridgehead atoms. The van der Waals surface area contributed by atoms with E-state index in [0.717, 1.165) is 23.3 Å². The Bertz CT molecular complexity index is 924. The molecule has 0 saturated heterocycles. The molecule has 7 heteroatoms. The van der Waals surface area contributed by atoms with E-state index in [-0.39, 0.29) is 12.1 Å². The molecule has 0 fully saturated rings. The molecule has 0 N–H and O–H groups in total. The summed E-state index contributed by atoms with van der Waals surface area (Å²) in [6, 6.07) is 15.1. The number of methoxy groups -OCH3 is 1. The highest BCUT2D eigenvalue weighted by molar-refractivity contribution is 5.89. The molecule has 32 heavy (non-hydrogen) atoms. The molecule has 0 aliphatic heterocycles. The average molecular weight is 439 g/mol. The number of rotatable bonds is 13. The molecule has 0 aliphatic carbocycles. The van der Waals surface area contributed by atoms with Crippen molar-refractivity contribution in [3.05, 3.63) is 83.9 Å². The van der Waals surface area contributed by atoms with E-state index in [1.807, 2.05) is 54.1 Å². The normalized spacial score (nSPS) is 11.8. The van der Waals surface area contributed by atoms with Crippen LogP contribution >= 0.6 is 0 Å². The second-order valence-corrected chi connectivity index (χ2v) is 7.39. The van der Waals surface area contributed by atoms with Gasteiger partial charge >= 0.3 is 5.97 Å². The highest BCUT2D eigenvalue weighted by atomic mass is 16.5. The predicted molar refractivity (Wildman–Crippen MR) is 120 cm³/mol. The Labute approximate surface area is 188 Å². The summed E-state index contributed by atoms with van der Waals surface area (Å²) in [5.41, 5.74) is 2.58. The fraction of sp³-hybridized carbons (Fsp3) is 0.360. The van der Waals surface area contributed by atoms with E-state index in [0.29, 0.717) is 38.5 Å². The molecule has 0 radical (unpaired) electrons. The number of nitrogens with zero attached hydrogens (tertiary/aromatic N) is 2. The zero-order valence-corrected chi connectivity index (χ0v) is 18.6. The van der Waals surface area contributed by atoms with Crippen LogP contribution in [0.3, 0.4) is 0 Å². The van der Waals surface area contributed by atoms with Gasteiger partial charge in [-0.2, -0.15) is 0 Å². The van der Waals surface area contributed by atoms with Gasteiger partial charge in [-0.25, -0.2) is 9.78 Å². The highest BCUT2D eigenvalue weighted by Gasteiger charge is 2.12. The molecule has 0 aliphatic rings. The summed E-state index contributed by atoms with van der Waals surface area (Å²) in [7, 11) is 1.65. The lowest BCUT2D eigenvalue weighted by atomic mass is 10.1. The minimum atomic E-state index is -0.302. The number of ether oxygens (including phenoxy) is 4. The molecule has 1 heterocycles. The molecule has 1 aromatic heterocycles. The number of aromatic nitrogens is 2. The molecule has 0 amide bonds. The quantitative estimate of drug-likeness (QED) is 0.371. The largest absolute Gasteiger partial charge is 0.497 e. The summed E-state index contributed by atoms with van der Waals surface area (Å²) in [5.74, 6) is 0.518. The zero-order chi connectivity index (χ0) is 22.6. The molecule has 7 nitrogen and oxygen atoms in total. The van der Waals surface area contributed by atoms with Crippen LogP contribution in [0.4, 0.5) is 0 Å². The van der Waals surface area contributed by atoms with Gasteiger partial charge in [-0.05, 0) is 41.8 Å². The fourth-order valence-corrected chi connectivity index (χ4v) is 3.04. The first-order chi connectivity index (χ1) is 15.7. The zero-order valence-electron chi connectivity index (χ0n) is 18.6. The highest BCUT2D eigenvalue weighted by Crippen LogP contribution is 2.13.